The van der Waals surface area contributed by atoms with E-state index in [1.165, 1.54) is 122 Å². The number of amides is 1. The van der Waals surface area contributed by atoms with Crippen LogP contribution in [-0.4, -0.2) is 46.9 Å². The maximum Gasteiger partial charge on any atom is 0.306 e. The molecule has 0 aliphatic heterocycles. The molecule has 1 amide bonds. The Bertz CT molecular complexity index is 1040. The molecule has 0 radical (unpaired) electrons. The molecule has 3 unspecified atom stereocenters. The second-order valence-corrected chi connectivity index (χ2v) is 17.5. The molecule has 0 aromatic carbocycles. The highest BCUT2D eigenvalue weighted by Gasteiger charge is 2.24. The van der Waals surface area contributed by atoms with Gasteiger partial charge < -0.3 is 20.3 Å². The fraction of sp³-hybridized carbons (Fsp3) is 0.815. The van der Waals surface area contributed by atoms with E-state index in [0.29, 0.717) is 19.3 Å². The van der Waals surface area contributed by atoms with E-state index < -0.39 is 18.2 Å². The number of unbranched alkanes of at least 4 members (excludes halogenated alkanes) is 26. The average Bonchev–Trinajstić information content (AvgIpc) is 3.24. The molecule has 0 aromatic rings. The highest BCUT2D eigenvalue weighted by atomic mass is 16.5. The Labute approximate surface area is 372 Å². The summed E-state index contributed by atoms with van der Waals surface area (Å²) in [7, 11) is 0. The molecular weight excluding hydrogens is 743 g/mol. The number of nitrogens with one attached hydrogen (secondary N) is 1. The summed E-state index contributed by atoms with van der Waals surface area (Å²) in [4.78, 5) is 26.1. The molecule has 0 saturated carbocycles. The zero-order valence-corrected chi connectivity index (χ0v) is 39.8. The van der Waals surface area contributed by atoms with Crippen molar-refractivity contribution in [3.63, 3.8) is 0 Å². The average molecular weight is 842 g/mol. The number of allylic oxidation sites excluding steroid dienone is 8. The number of hydrogen-bond donors (Lipinski definition) is 3. The number of carbonyl (C=O) groups excluding carboxylic acids is 2. The Hall–Kier alpha value is -2.18. The van der Waals surface area contributed by atoms with E-state index in [0.717, 1.165) is 89.9 Å². The van der Waals surface area contributed by atoms with Crippen LogP contribution >= 0.6 is 0 Å². The maximum atomic E-state index is 13.2. The van der Waals surface area contributed by atoms with Crippen LogP contribution < -0.4 is 5.32 Å². The van der Waals surface area contributed by atoms with Crippen LogP contribution in [0.2, 0.25) is 0 Å². The van der Waals surface area contributed by atoms with Crippen LogP contribution in [0, 0.1) is 0 Å². The Kier molecular flexibility index (Phi) is 46.1. The number of hydrogen-bond acceptors (Lipinski definition) is 5. The third kappa shape index (κ3) is 42.5. The summed E-state index contributed by atoms with van der Waals surface area (Å²) in [6, 6.07) is -0.708. The van der Waals surface area contributed by atoms with Crippen LogP contribution in [-0.2, 0) is 14.3 Å². The number of carbonyl (C=O) groups is 2. The molecule has 0 fully saturated rings. The molecule has 350 valence electrons. The topological polar surface area (TPSA) is 95.9 Å². The predicted molar refractivity (Wildman–Crippen MR) is 259 cm³/mol. The number of rotatable bonds is 46. The smallest absolute Gasteiger partial charge is 0.306 e. The van der Waals surface area contributed by atoms with Gasteiger partial charge in [0.15, 0.2) is 0 Å². The Balaban J connectivity index is 4.59. The van der Waals surface area contributed by atoms with Crippen LogP contribution in [0.5, 0.6) is 0 Å². The van der Waals surface area contributed by atoms with E-state index in [1.807, 2.05) is 0 Å². The summed E-state index contributed by atoms with van der Waals surface area (Å²) in [5.74, 6) is -0.497. The summed E-state index contributed by atoms with van der Waals surface area (Å²) in [5.41, 5.74) is 0. The van der Waals surface area contributed by atoms with Gasteiger partial charge in [-0.25, -0.2) is 0 Å². The molecular formula is C54H99NO5. The molecule has 0 saturated heterocycles. The minimum atomic E-state index is -0.793. The standard InChI is InChI=1S/C54H99NO5/c1-4-7-10-13-16-19-22-24-26-27-28-30-32-35-38-41-44-47-54(59)60-50(45-42-39-36-33-31-29-25-23-20-17-14-11-8-5-2)48-53(58)55-51(49-56)52(57)46-43-40-37-34-21-18-15-12-9-6-3/h8,11,17,20,24-26,29,50-52,56-57H,4-7,9-10,12-16,18-19,21-23,27-28,30-49H2,1-3H3,(H,55,58)/b11-8+,20-17+,26-24+,29-25+. The van der Waals surface area contributed by atoms with E-state index in [-0.39, 0.29) is 24.9 Å². The second-order valence-electron chi connectivity index (χ2n) is 17.5. The van der Waals surface area contributed by atoms with Crippen LogP contribution in [0.1, 0.15) is 258 Å². The van der Waals surface area contributed by atoms with Gasteiger partial charge in [0.2, 0.25) is 5.91 Å². The lowest BCUT2D eigenvalue weighted by Crippen LogP contribution is -2.46. The monoisotopic (exact) mass is 842 g/mol. The Morgan fingerprint density at radius 3 is 1.38 bits per heavy atom. The zero-order chi connectivity index (χ0) is 43.8. The van der Waals surface area contributed by atoms with E-state index in [9.17, 15) is 19.8 Å². The zero-order valence-electron chi connectivity index (χ0n) is 39.8. The van der Waals surface area contributed by atoms with Crippen molar-refractivity contribution in [3.05, 3.63) is 48.6 Å². The van der Waals surface area contributed by atoms with Crippen molar-refractivity contribution >= 4 is 11.9 Å². The molecule has 0 heterocycles. The molecule has 0 bridgehead atoms. The highest BCUT2D eigenvalue weighted by molar-refractivity contribution is 5.77. The molecule has 3 atom stereocenters. The molecule has 0 aromatic heterocycles. The van der Waals surface area contributed by atoms with Gasteiger partial charge in [0, 0.05) is 6.42 Å². The van der Waals surface area contributed by atoms with Gasteiger partial charge in [-0.3, -0.25) is 9.59 Å². The summed E-state index contributed by atoms with van der Waals surface area (Å²) in [5, 5.41) is 23.7. The SMILES string of the molecule is CC/C=C/C/C=C/C/C=C/CCCCCCC(CC(=O)NC(CO)C(O)CCCCCCCCCCCC)OC(=O)CCCCCCCCC/C=C/CCCCCCCC. The van der Waals surface area contributed by atoms with Crippen LogP contribution in [0.25, 0.3) is 0 Å². The van der Waals surface area contributed by atoms with Crippen molar-refractivity contribution in [1.29, 1.82) is 0 Å². The van der Waals surface area contributed by atoms with Gasteiger partial charge in [0.1, 0.15) is 6.10 Å². The normalized spacial score (nSPS) is 13.6. The summed E-state index contributed by atoms with van der Waals surface area (Å²) < 4.78 is 5.93. The van der Waals surface area contributed by atoms with Crippen molar-refractivity contribution in [2.75, 3.05) is 6.61 Å². The summed E-state index contributed by atoms with van der Waals surface area (Å²) in [6.45, 7) is 6.35. The van der Waals surface area contributed by atoms with Crippen molar-refractivity contribution in [2.45, 2.75) is 277 Å². The summed E-state index contributed by atoms with van der Waals surface area (Å²) >= 11 is 0. The number of ether oxygens (including phenoxy) is 1. The molecule has 0 spiro atoms. The largest absolute Gasteiger partial charge is 0.462 e. The van der Waals surface area contributed by atoms with Crippen molar-refractivity contribution < 1.29 is 24.5 Å². The predicted octanol–water partition coefficient (Wildman–Crippen LogP) is 15.5. The molecule has 0 aliphatic rings. The Morgan fingerprint density at radius 2 is 0.900 bits per heavy atom. The van der Waals surface area contributed by atoms with Crippen molar-refractivity contribution in [1.82, 2.24) is 5.32 Å². The van der Waals surface area contributed by atoms with Gasteiger partial charge in [-0.2, -0.15) is 0 Å². The first kappa shape index (κ1) is 57.8. The van der Waals surface area contributed by atoms with E-state index in [4.69, 9.17) is 4.74 Å². The third-order valence-corrected chi connectivity index (χ3v) is 11.6. The number of aliphatic hydroxyl groups is 2. The molecule has 0 aliphatic carbocycles. The molecule has 6 nitrogen and oxygen atoms in total. The van der Waals surface area contributed by atoms with Crippen LogP contribution in [0.3, 0.4) is 0 Å². The Morgan fingerprint density at radius 1 is 0.500 bits per heavy atom. The van der Waals surface area contributed by atoms with E-state index >= 15 is 0 Å². The van der Waals surface area contributed by atoms with Gasteiger partial charge in [-0.15, -0.1) is 0 Å². The van der Waals surface area contributed by atoms with Gasteiger partial charge in [-0.1, -0.05) is 211 Å². The fourth-order valence-electron chi connectivity index (χ4n) is 7.73. The van der Waals surface area contributed by atoms with Gasteiger partial charge in [-0.05, 0) is 83.5 Å². The summed E-state index contributed by atoms with van der Waals surface area (Å²) in [6.07, 6.45) is 57.4. The van der Waals surface area contributed by atoms with Gasteiger partial charge in [0.05, 0.1) is 25.2 Å². The first-order valence-corrected chi connectivity index (χ1v) is 25.9. The minimum absolute atomic E-state index is 0.0615. The number of esters is 1. The second kappa shape index (κ2) is 47.9. The quantitative estimate of drug-likeness (QED) is 0.0322. The minimum Gasteiger partial charge on any atom is -0.462 e. The molecule has 0 rings (SSSR count). The molecule has 3 N–H and O–H groups in total. The maximum absolute atomic E-state index is 13.2. The highest BCUT2D eigenvalue weighted by Crippen LogP contribution is 2.17. The first-order valence-electron chi connectivity index (χ1n) is 25.9. The van der Waals surface area contributed by atoms with Gasteiger partial charge >= 0.3 is 5.97 Å². The van der Waals surface area contributed by atoms with E-state index in [1.54, 1.807) is 0 Å². The lowest BCUT2D eigenvalue weighted by Gasteiger charge is -2.24. The lowest BCUT2D eigenvalue weighted by molar-refractivity contribution is -0.151. The first-order chi connectivity index (χ1) is 29.5. The van der Waals surface area contributed by atoms with Crippen LogP contribution in [0.4, 0.5) is 0 Å². The molecule has 60 heavy (non-hydrogen) atoms. The lowest BCUT2D eigenvalue weighted by atomic mass is 10.0. The van der Waals surface area contributed by atoms with E-state index in [2.05, 4.69) is 74.7 Å². The van der Waals surface area contributed by atoms with Crippen molar-refractivity contribution in [3.8, 4) is 0 Å². The fourth-order valence-corrected chi connectivity index (χ4v) is 7.73. The van der Waals surface area contributed by atoms with Crippen LogP contribution in [0.15, 0.2) is 48.6 Å². The van der Waals surface area contributed by atoms with Gasteiger partial charge in [0.25, 0.3) is 0 Å². The third-order valence-electron chi connectivity index (χ3n) is 11.6. The molecule has 6 heteroatoms. The number of aliphatic hydroxyl groups excluding tert-OH is 2. The van der Waals surface area contributed by atoms with Crippen molar-refractivity contribution in [2.24, 2.45) is 0 Å².